The van der Waals surface area contributed by atoms with Crippen molar-refractivity contribution in [1.29, 1.82) is 0 Å². The van der Waals surface area contributed by atoms with Crippen LogP contribution in [0.5, 0.6) is 0 Å². The Morgan fingerprint density at radius 2 is 1.41 bits per heavy atom. The van der Waals surface area contributed by atoms with Crippen LogP contribution in [0.4, 0.5) is 0 Å². The number of rotatable bonds is 11. The second kappa shape index (κ2) is 10.3. The Bertz CT molecular complexity index is 1120. The van der Waals surface area contributed by atoms with Crippen LogP contribution in [0.25, 0.3) is 22.8 Å². The highest BCUT2D eigenvalue weighted by atomic mass is 16.6. The van der Waals surface area contributed by atoms with Crippen molar-refractivity contribution >= 4 is 17.5 Å². The van der Waals surface area contributed by atoms with Gasteiger partial charge < -0.3 is 28.4 Å². The summed E-state index contributed by atoms with van der Waals surface area (Å²) in [6.45, 7) is 4.01. The molecule has 1 N–H and O–H groups in total. The molecule has 0 saturated heterocycles. The van der Waals surface area contributed by atoms with E-state index in [9.17, 15) is 14.4 Å². The lowest BCUT2D eigenvalue weighted by Gasteiger charge is -2.08. The number of aromatic nitrogens is 3. The van der Waals surface area contributed by atoms with Crippen molar-refractivity contribution in [3.63, 3.8) is 0 Å². The molecule has 3 heterocycles. The van der Waals surface area contributed by atoms with Gasteiger partial charge in [-0.2, -0.15) is 0 Å². The molecule has 3 aromatic heterocycles. The fourth-order valence-electron chi connectivity index (χ4n) is 3.61. The van der Waals surface area contributed by atoms with Crippen LogP contribution in [0.1, 0.15) is 47.7 Å². The van der Waals surface area contributed by atoms with Gasteiger partial charge in [-0.25, -0.2) is 4.79 Å². The van der Waals surface area contributed by atoms with Gasteiger partial charge in [0.1, 0.15) is 18.1 Å². The molecular weight excluding hydrogens is 410 g/mol. The Labute approximate surface area is 187 Å². The molecule has 0 bridgehead atoms. The van der Waals surface area contributed by atoms with Gasteiger partial charge in [-0.15, -0.1) is 0 Å². The summed E-state index contributed by atoms with van der Waals surface area (Å²) < 4.78 is 14.3. The van der Waals surface area contributed by atoms with Crippen LogP contribution in [0.15, 0.2) is 36.4 Å². The third-order valence-corrected chi connectivity index (χ3v) is 5.33. The van der Waals surface area contributed by atoms with Crippen LogP contribution in [0.2, 0.25) is 0 Å². The average Bonchev–Trinajstić information content (AvgIpc) is 3.44. The monoisotopic (exact) mass is 439 g/mol. The van der Waals surface area contributed by atoms with E-state index in [2.05, 4.69) is 4.98 Å². The number of esters is 1. The van der Waals surface area contributed by atoms with Gasteiger partial charge in [-0.05, 0) is 49.7 Å². The highest BCUT2D eigenvalue weighted by Crippen LogP contribution is 2.27. The van der Waals surface area contributed by atoms with Crippen molar-refractivity contribution in [2.45, 2.75) is 26.7 Å². The molecule has 0 aliphatic heterocycles. The second-order valence-corrected chi connectivity index (χ2v) is 7.72. The van der Waals surface area contributed by atoms with Crippen molar-refractivity contribution < 1.29 is 23.9 Å². The number of hydrogen-bond donors (Lipinski definition) is 1. The zero-order valence-corrected chi connectivity index (χ0v) is 18.9. The van der Waals surface area contributed by atoms with E-state index in [-0.39, 0.29) is 18.2 Å². The fraction of sp³-hybridized carbons (Fsp3) is 0.375. The third kappa shape index (κ3) is 5.26. The van der Waals surface area contributed by atoms with Crippen LogP contribution >= 0.6 is 0 Å². The normalized spacial score (nSPS) is 11.0. The minimum atomic E-state index is -0.425. The lowest BCUT2D eigenvalue weighted by Crippen LogP contribution is -2.14. The van der Waals surface area contributed by atoms with E-state index in [1.807, 2.05) is 41.9 Å². The number of nitrogens with one attached hydrogen (secondary N) is 1. The minimum Gasteiger partial charge on any atom is -0.459 e. The molecule has 0 spiro atoms. The minimum absolute atomic E-state index is 0.0116. The molecule has 170 valence electrons. The molecule has 0 saturated carbocycles. The van der Waals surface area contributed by atoms with E-state index in [1.165, 1.54) is 0 Å². The summed E-state index contributed by atoms with van der Waals surface area (Å²) in [5.74, 6) is -0.276. The Kier molecular flexibility index (Phi) is 7.48. The number of carbonyl (C=O) groups is 3. The Hall–Kier alpha value is -3.39. The summed E-state index contributed by atoms with van der Waals surface area (Å²) >= 11 is 0. The molecule has 8 heteroatoms. The highest BCUT2D eigenvalue weighted by Gasteiger charge is 2.17. The summed E-state index contributed by atoms with van der Waals surface area (Å²) in [7, 11) is 3.66. The highest BCUT2D eigenvalue weighted by molar-refractivity contribution is 5.93. The lowest BCUT2D eigenvalue weighted by molar-refractivity contribution is -0.117. The van der Waals surface area contributed by atoms with Crippen molar-refractivity contribution in [3.05, 3.63) is 47.8 Å². The zero-order chi connectivity index (χ0) is 23.3. The molecule has 0 aliphatic carbocycles. The van der Waals surface area contributed by atoms with Crippen molar-refractivity contribution in [2.24, 2.45) is 14.1 Å². The molecule has 0 atom stereocenters. The number of ether oxygens (including phenoxy) is 2. The van der Waals surface area contributed by atoms with Crippen LogP contribution < -0.4 is 0 Å². The van der Waals surface area contributed by atoms with E-state index in [0.29, 0.717) is 37.4 Å². The quantitative estimate of drug-likeness (QED) is 0.279. The molecule has 0 fully saturated rings. The number of Topliss-reactive ketones (excluding diaryl/α,β-unsaturated/α-hetero) is 2. The second-order valence-electron chi connectivity index (χ2n) is 7.72. The maximum atomic E-state index is 12.4. The Morgan fingerprint density at radius 1 is 0.812 bits per heavy atom. The summed E-state index contributed by atoms with van der Waals surface area (Å²) in [5.41, 5.74) is 4.54. The average molecular weight is 440 g/mol. The Morgan fingerprint density at radius 3 is 1.97 bits per heavy atom. The van der Waals surface area contributed by atoms with E-state index in [4.69, 9.17) is 9.47 Å². The van der Waals surface area contributed by atoms with Gasteiger partial charge in [-0.1, -0.05) is 0 Å². The van der Waals surface area contributed by atoms with Crippen LogP contribution in [-0.4, -0.2) is 51.5 Å². The van der Waals surface area contributed by atoms with Gasteiger partial charge in [0, 0.05) is 34.0 Å². The summed E-state index contributed by atoms with van der Waals surface area (Å²) in [6, 6.07) is 11.2. The number of carbonyl (C=O) groups excluding carboxylic acids is 3. The van der Waals surface area contributed by atoms with E-state index < -0.39 is 5.97 Å². The van der Waals surface area contributed by atoms with Crippen molar-refractivity contribution in [2.75, 3.05) is 19.8 Å². The van der Waals surface area contributed by atoms with Crippen LogP contribution in [0, 0.1) is 0 Å². The molecule has 3 aromatic rings. The number of aromatic amines is 1. The molecular formula is C24H29N3O5. The molecule has 3 rings (SSSR count). The van der Waals surface area contributed by atoms with Gasteiger partial charge >= 0.3 is 5.97 Å². The van der Waals surface area contributed by atoms with Gasteiger partial charge in [0.2, 0.25) is 0 Å². The van der Waals surface area contributed by atoms with Gasteiger partial charge in [0.05, 0.1) is 35.1 Å². The number of nitrogens with zero attached hydrogens (tertiary/aromatic N) is 2. The predicted octanol–water partition coefficient (Wildman–Crippen LogP) is 3.77. The largest absolute Gasteiger partial charge is 0.459 e. The summed E-state index contributed by atoms with van der Waals surface area (Å²) in [5, 5.41) is 0. The molecule has 0 aliphatic rings. The lowest BCUT2D eigenvalue weighted by atomic mass is 10.2. The molecule has 8 nitrogen and oxygen atoms in total. The van der Waals surface area contributed by atoms with E-state index in [1.54, 1.807) is 31.5 Å². The SMILES string of the molecule is CC(=O)CCCOCCOC(=O)c1ccc(-c2ccc(-c3ccc(C(C)=O)n3C)[nH]2)n1C. The van der Waals surface area contributed by atoms with E-state index in [0.717, 1.165) is 22.8 Å². The first-order valence-corrected chi connectivity index (χ1v) is 10.6. The number of H-pyrrole nitrogens is 1. The first-order chi connectivity index (χ1) is 15.3. The maximum Gasteiger partial charge on any atom is 0.355 e. The summed E-state index contributed by atoms with van der Waals surface area (Å²) in [4.78, 5) is 38.4. The van der Waals surface area contributed by atoms with Crippen LogP contribution in [-0.2, 0) is 28.4 Å². The third-order valence-electron chi connectivity index (χ3n) is 5.33. The molecule has 0 aromatic carbocycles. The fourth-order valence-corrected chi connectivity index (χ4v) is 3.61. The van der Waals surface area contributed by atoms with Crippen LogP contribution in [0.3, 0.4) is 0 Å². The van der Waals surface area contributed by atoms with E-state index >= 15 is 0 Å². The molecule has 0 amide bonds. The number of hydrogen-bond acceptors (Lipinski definition) is 5. The first kappa shape index (κ1) is 23.3. The predicted molar refractivity (Wildman–Crippen MR) is 121 cm³/mol. The number of ketones is 2. The van der Waals surface area contributed by atoms with Gasteiger partial charge in [-0.3, -0.25) is 4.79 Å². The van der Waals surface area contributed by atoms with Gasteiger partial charge in [0.15, 0.2) is 5.78 Å². The topological polar surface area (TPSA) is 95.3 Å². The zero-order valence-electron chi connectivity index (χ0n) is 18.9. The van der Waals surface area contributed by atoms with Crippen molar-refractivity contribution in [1.82, 2.24) is 14.1 Å². The van der Waals surface area contributed by atoms with Gasteiger partial charge in [0.25, 0.3) is 0 Å². The molecule has 32 heavy (non-hydrogen) atoms. The molecule has 0 radical (unpaired) electrons. The molecule has 0 unspecified atom stereocenters. The standard InChI is InChI=1S/C24H29N3O5/c1-16(28)6-5-13-31-14-15-32-24(30)23-12-11-22(27(23)4)19-8-7-18(25-19)21-10-9-20(17(2)29)26(21)3/h7-12,25H,5-6,13-15H2,1-4H3. The maximum absolute atomic E-state index is 12.4. The first-order valence-electron chi connectivity index (χ1n) is 10.6. The van der Waals surface area contributed by atoms with Crippen molar-refractivity contribution in [3.8, 4) is 22.8 Å². The Balaban J connectivity index is 1.61. The smallest absolute Gasteiger partial charge is 0.355 e. The summed E-state index contributed by atoms with van der Waals surface area (Å²) in [6.07, 6.45) is 1.16.